The third kappa shape index (κ3) is 3.08. The summed E-state index contributed by atoms with van der Waals surface area (Å²) in [6.07, 6.45) is 1.15. The second-order valence-corrected chi connectivity index (χ2v) is 6.33. The third-order valence-corrected chi connectivity index (χ3v) is 4.46. The van der Waals surface area contributed by atoms with Gasteiger partial charge in [-0.25, -0.2) is 0 Å². The van der Waals surface area contributed by atoms with Gasteiger partial charge in [-0.15, -0.1) is 0 Å². The summed E-state index contributed by atoms with van der Waals surface area (Å²) in [6, 6.07) is 2.23. The van der Waals surface area contributed by atoms with Crippen molar-refractivity contribution >= 4 is 0 Å². The van der Waals surface area contributed by atoms with Crippen LogP contribution in [0.15, 0.2) is 6.07 Å². The van der Waals surface area contributed by atoms with Gasteiger partial charge in [0.05, 0.1) is 17.1 Å². The molecule has 2 aromatic heterocycles. The first-order valence-electron chi connectivity index (χ1n) is 7.98. The third-order valence-electron chi connectivity index (χ3n) is 4.46. The highest BCUT2D eigenvalue weighted by atomic mass is 15.3. The number of fused-ring (bicyclic) bond motifs is 1. The van der Waals surface area contributed by atoms with Gasteiger partial charge >= 0.3 is 0 Å². The lowest BCUT2D eigenvalue weighted by Crippen LogP contribution is -2.18. The zero-order valence-electron chi connectivity index (χ0n) is 14.1. The van der Waals surface area contributed by atoms with E-state index in [2.05, 4.69) is 47.0 Å². The Bertz CT molecular complexity index is 630. The van der Waals surface area contributed by atoms with Crippen molar-refractivity contribution in [2.75, 3.05) is 13.6 Å². The number of rotatable bonds is 4. The SMILES string of the molecule is Cc1nn(C)c(C)c1CN(C)Cc1cc2n(n1)CCCNC2. The van der Waals surface area contributed by atoms with E-state index in [1.807, 2.05) is 11.7 Å². The predicted octanol–water partition coefficient (Wildman–Crippen LogP) is 1.36. The van der Waals surface area contributed by atoms with Crippen LogP contribution in [0.1, 0.15) is 34.8 Å². The van der Waals surface area contributed by atoms with Crippen LogP contribution in [-0.2, 0) is 33.2 Å². The number of aromatic nitrogens is 4. The zero-order valence-corrected chi connectivity index (χ0v) is 14.1. The Hall–Kier alpha value is -1.66. The molecule has 22 heavy (non-hydrogen) atoms. The van der Waals surface area contributed by atoms with E-state index in [9.17, 15) is 0 Å². The van der Waals surface area contributed by atoms with Crippen molar-refractivity contribution in [1.82, 2.24) is 29.8 Å². The van der Waals surface area contributed by atoms with Crippen LogP contribution in [0.5, 0.6) is 0 Å². The summed E-state index contributed by atoms with van der Waals surface area (Å²) in [5.41, 5.74) is 6.15. The van der Waals surface area contributed by atoms with Gasteiger partial charge in [0.15, 0.2) is 0 Å². The number of hydrogen-bond donors (Lipinski definition) is 1. The maximum absolute atomic E-state index is 4.76. The van der Waals surface area contributed by atoms with Crippen LogP contribution in [0.25, 0.3) is 0 Å². The maximum atomic E-state index is 4.76. The Kier molecular flexibility index (Phi) is 4.31. The molecular formula is C16H26N6. The molecule has 0 unspecified atom stereocenters. The first kappa shape index (κ1) is 15.2. The molecule has 0 amide bonds. The Balaban J connectivity index is 1.68. The fraction of sp³-hybridized carbons (Fsp3) is 0.625. The first-order chi connectivity index (χ1) is 10.5. The van der Waals surface area contributed by atoms with Crippen LogP contribution in [-0.4, -0.2) is 38.1 Å². The monoisotopic (exact) mass is 302 g/mol. The highest BCUT2D eigenvalue weighted by Gasteiger charge is 2.15. The van der Waals surface area contributed by atoms with Gasteiger partial charge in [-0.2, -0.15) is 10.2 Å². The van der Waals surface area contributed by atoms with E-state index in [1.54, 1.807) is 0 Å². The lowest BCUT2D eigenvalue weighted by molar-refractivity contribution is 0.312. The van der Waals surface area contributed by atoms with Gasteiger partial charge < -0.3 is 5.32 Å². The van der Waals surface area contributed by atoms with Crippen LogP contribution < -0.4 is 5.32 Å². The van der Waals surface area contributed by atoms with E-state index >= 15 is 0 Å². The molecule has 0 atom stereocenters. The van der Waals surface area contributed by atoms with E-state index in [0.29, 0.717) is 0 Å². The summed E-state index contributed by atoms with van der Waals surface area (Å²) >= 11 is 0. The minimum absolute atomic E-state index is 0.869. The van der Waals surface area contributed by atoms with Crippen LogP contribution >= 0.6 is 0 Å². The van der Waals surface area contributed by atoms with Gasteiger partial charge in [-0.3, -0.25) is 14.3 Å². The lowest BCUT2D eigenvalue weighted by Gasteiger charge is -2.15. The van der Waals surface area contributed by atoms with Gasteiger partial charge in [0.1, 0.15) is 0 Å². The quantitative estimate of drug-likeness (QED) is 0.926. The Morgan fingerprint density at radius 1 is 1.27 bits per heavy atom. The highest BCUT2D eigenvalue weighted by Crippen LogP contribution is 2.16. The normalized spacial score (nSPS) is 15.1. The average molecular weight is 302 g/mol. The summed E-state index contributed by atoms with van der Waals surface area (Å²) in [4.78, 5) is 2.31. The molecule has 0 bridgehead atoms. The van der Waals surface area contributed by atoms with Crippen LogP contribution in [0.4, 0.5) is 0 Å². The second-order valence-electron chi connectivity index (χ2n) is 6.33. The summed E-state index contributed by atoms with van der Waals surface area (Å²) in [7, 11) is 4.15. The molecule has 120 valence electrons. The molecule has 0 aliphatic carbocycles. The van der Waals surface area contributed by atoms with Gasteiger partial charge in [-0.05, 0) is 39.9 Å². The van der Waals surface area contributed by atoms with E-state index in [4.69, 9.17) is 5.10 Å². The van der Waals surface area contributed by atoms with Crippen LogP contribution in [0, 0.1) is 13.8 Å². The van der Waals surface area contributed by atoms with Gasteiger partial charge in [0, 0.05) is 44.5 Å². The minimum Gasteiger partial charge on any atom is -0.311 e. The fourth-order valence-electron chi connectivity index (χ4n) is 3.15. The summed E-state index contributed by atoms with van der Waals surface area (Å²) in [5, 5.41) is 12.7. The molecule has 6 heteroatoms. The van der Waals surface area contributed by atoms with Crippen molar-refractivity contribution in [3.8, 4) is 0 Å². The smallest absolute Gasteiger partial charge is 0.0768 e. The van der Waals surface area contributed by atoms with Gasteiger partial charge in [-0.1, -0.05) is 0 Å². The molecule has 0 fully saturated rings. The van der Waals surface area contributed by atoms with Crippen LogP contribution in [0.2, 0.25) is 0 Å². The molecule has 0 saturated carbocycles. The van der Waals surface area contributed by atoms with Crippen molar-refractivity contribution in [3.63, 3.8) is 0 Å². The molecular weight excluding hydrogens is 276 g/mol. The largest absolute Gasteiger partial charge is 0.311 e. The van der Waals surface area contributed by atoms with Crippen molar-refractivity contribution in [1.29, 1.82) is 0 Å². The predicted molar refractivity (Wildman–Crippen MR) is 86.4 cm³/mol. The summed E-state index contributed by atoms with van der Waals surface area (Å²) in [6.45, 7) is 9.02. The molecule has 3 rings (SSSR count). The topological polar surface area (TPSA) is 50.9 Å². The summed E-state index contributed by atoms with van der Waals surface area (Å²) in [5.74, 6) is 0. The molecule has 0 spiro atoms. The molecule has 0 saturated heterocycles. The lowest BCUT2D eigenvalue weighted by atomic mass is 10.2. The van der Waals surface area contributed by atoms with Crippen molar-refractivity contribution in [3.05, 3.63) is 34.4 Å². The number of aryl methyl sites for hydroxylation is 3. The molecule has 0 aromatic carbocycles. The molecule has 0 radical (unpaired) electrons. The van der Waals surface area contributed by atoms with E-state index < -0.39 is 0 Å². The van der Waals surface area contributed by atoms with E-state index in [1.165, 1.54) is 17.0 Å². The molecule has 1 aliphatic heterocycles. The number of hydrogen-bond acceptors (Lipinski definition) is 4. The Morgan fingerprint density at radius 2 is 2.09 bits per heavy atom. The fourth-order valence-corrected chi connectivity index (χ4v) is 3.15. The maximum Gasteiger partial charge on any atom is 0.0768 e. The van der Waals surface area contributed by atoms with Crippen LogP contribution in [0.3, 0.4) is 0 Å². The van der Waals surface area contributed by atoms with E-state index in [0.717, 1.165) is 50.5 Å². The molecule has 3 heterocycles. The zero-order chi connectivity index (χ0) is 15.7. The standard InChI is InChI=1S/C16H26N6/c1-12-16(13(2)21(4)18-12)11-20(3)10-14-8-15-9-17-6-5-7-22(15)19-14/h8,17H,5-7,9-11H2,1-4H3. The van der Waals surface area contributed by atoms with Gasteiger partial charge in [0.25, 0.3) is 0 Å². The Labute approximate surface area is 132 Å². The summed E-state index contributed by atoms with van der Waals surface area (Å²) < 4.78 is 4.12. The number of nitrogens with one attached hydrogen (secondary N) is 1. The van der Waals surface area contributed by atoms with Crippen molar-refractivity contribution in [2.24, 2.45) is 7.05 Å². The average Bonchev–Trinajstić information content (AvgIpc) is 2.85. The minimum atomic E-state index is 0.869. The highest BCUT2D eigenvalue weighted by molar-refractivity contribution is 5.24. The van der Waals surface area contributed by atoms with Crippen molar-refractivity contribution < 1.29 is 0 Å². The molecule has 6 nitrogen and oxygen atoms in total. The first-order valence-corrected chi connectivity index (χ1v) is 7.98. The van der Waals surface area contributed by atoms with E-state index in [-0.39, 0.29) is 0 Å². The number of nitrogens with zero attached hydrogens (tertiary/aromatic N) is 5. The Morgan fingerprint density at radius 3 is 2.82 bits per heavy atom. The molecule has 1 aliphatic rings. The molecule has 2 aromatic rings. The van der Waals surface area contributed by atoms with Crippen molar-refractivity contribution in [2.45, 2.75) is 46.4 Å². The second kappa shape index (κ2) is 6.22. The molecule has 1 N–H and O–H groups in total. The van der Waals surface area contributed by atoms with Gasteiger partial charge in [0.2, 0.25) is 0 Å².